The molecule has 0 aliphatic rings. The highest BCUT2D eigenvalue weighted by Gasteiger charge is 2.32. The van der Waals surface area contributed by atoms with Gasteiger partial charge in [-0.1, -0.05) is 12.1 Å². The Balaban J connectivity index is 2.26. The number of nitrogens with zero attached hydrogens (tertiary/aromatic N) is 2. The van der Waals surface area contributed by atoms with Crippen molar-refractivity contribution in [3.8, 4) is 17.2 Å². The summed E-state index contributed by atoms with van der Waals surface area (Å²) < 4.78 is 18.5. The first kappa shape index (κ1) is 17.4. The van der Waals surface area contributed by atoms with E-state index < -0.39 is 16.5 Å². The molecule has 7 heteroatoms. The predicted octanol–water partition coefficient (Wildman–Crippen LogP) is 4.93. The Hall–Kier alpha value is -2.43. The van der Waals surface area contributed by atoms with Gasteiger partial charge in [0.1, 0.15) is 10.6 Å². The highest BCUT2D eigenvalue weighted by molar-refractivity contribution is 8.01. The Morgan fingerprint density at radius 3 is 2.64 bits per heavy atom. The molecular weight excluding hydrogens is 359 g/mol. The molecule has 0 fully saturated rings. The molecule has 0 amide bonds. The van der Waals surface area contributed by atoms with Crippen molar-refractivity contribution in [1.29, 1.82) is 5.26 Å². The third-order valence-corrected chi connectivity index (χ3v) is 5.85. The summed E-state index contributed by atoms with van der Waals surface area (Å²) in [5.74, 6) is -1.50. The monoisotopic (exact) mass is 372 g/mol. The van der Waals surface area contributed by atoms with Crippen LogP contribution < -0.4 is 0 Å². The van der Waals surface area contributed by atoms with E-state index in [1.54, 1.807) is 44.3 Å². The second kappa shape index (κ2) is 6.47. The smallest absolute Gasteiger partial charge is 0.319 e. The summed E-state index contributed by atoms with van der Waals surface area (Å²) in [6.07, 6.45) is 1.59. The van der Waals surface area contributed by atoms with Crippen molar-refractivity contribution in [3.05, 3.63) is 47.9 Å². The number of halogens is 1. The quantitative estimate of drug-likeness (QED) is 0.657. The third-order valence-electron chi connectivity index (χ3n) is 3.73. The molecule has 0 aliphatic heterocycles. The Morgan fingerprint density at radius 2 is 2.04 bits per heavy atom. The van der Waals surface area contributed by atoms with Crippen LogP contribution in [0.3, 0.4) is 0 Å². The van der Waals surface area contributed by atoms with Gasteiger partial charge in [-0.3, -0.25) is 4.79 Å². The fourth-order valence-electron chi connectivity index (χ4n) is 2.34. The highest BCUT2D eigenvalue weighted by atomic mass is 32.2. The van der Waals surface area contributed by atoms with E-state index in [-0.39, 0.29) is 4.90 Å². The maximum Gasteiger partial charge on any atom is 0.319 e. The number of thioether (sulfide) groups is 1. The van der Waals surface area contributed by atoms with E-state index in [9.17, 15) is 14.3 Å². The van der Waals surface area contributed by atoms with Gasteiger partial charge in [-0.05, 0) is 49.1 Å². The molecule has 0 unspecified atom stereocenters. The number of carboxylic acid groups (broad SMARTS) is 1. The van der Waals surface area contributed by atoms with Gasteiger partial charge in [-0.2, -0.15) is 9.64 Å². The van der Waals surface area contributed by atoms with Gasteiger partial charge in [0.15, 0.2) is 0 Å². The van der Waals surface area contributed by atoms with E-state index in [4.69, 9.17) is 5.26 Å². The molecule has 3 aromatic rings. The number of nitriles is 1. The first-order valence-electron chi connectivity index (χ1n) is 7.33. The molecule has 1 heterocycles. The van der Waals surface area contributed by atoms with E-state index in [2.05, 4.69) is 10.4 Å². The average molecular weight is 372 g/mol. The van der Waals surface area contributed by atoms with Gasteiger partial charge < -0.3 is 5.11 Å². The summed E-state index contributed by atoms with van der Waals surface area (Å²) in [5.41, 5.74) is 1.83. The zero-order valence-corrected chi connectivity index (χ0v) is 15.0. The average Bonchev–Trinajstić information content (AvgIpc) is 3.03. The van der Waals surface area contributed by atoms with Crippen LogP contribution in [0.2, 0.25) is 0 Å². The molecule has 1 aromatic heterocycles. The van der Waals surface area contributed by atoms with Gasteiger partial charge >= 0.3 is 5.97 Å². The Labute approximate surface area is 152 Å². The lowest BCUT2D eigenvalue weighted by Gasteiger charge is -2.21. The number of hydrogen-bond donors (Lipinski definition) is 1. The molecule has 0 saturated heterocycles. The number of rotatable bonds is 4. The van der Waals surface area contributed by atoms with E-state index >= 15 is 0 Å². The Kier molecular flexibility index (Phi) is 4.50. The SMILES string of the molecule is CC(C)(Sc1c(F)cc2cnsc2c1-c1ccc(C#N)cc1)C(=O)O. The van der Waals surface area contributed by atoms with Crippen molar-refractivity contribution in [2.75, 3.05) is 0 Å². The molecule has 126 valence electrons. The lowest BCUT2D eigenvalue weighted by molar-refractivity contribution is -0.138. The van der Waals surface area contributed by atoms with Gasteiger partial charge in [0, 0.05) is 17.1 Å². The minimum atomic E-state index is -1.19. The number of carboxylic acids is 1. The summed E-state index contributed by atoms with van der Waals surface area (Å²) in [4.78, 5) is 11.8. The summed E-state index contributed by atoms with van der Waals surface area (Å²) >= 11 is 2.20. The van der Waals surface area contributed by atoms with Gasteiger partial charge in [0.25, 0.3) is 0 Å². The fourth-order valence-corrected chi connectivity index (χ4v) is 4.28. The van der Waals surface area contributed by atoms with Crippen LogP contribution in [0.25, 0.3) is 21.2 Å². The second-order valence-electron chi connectivity index (χ2n) is 5.91. The molecule has 0 aliphatic carbocycles. The lowest BCUT2D eigenvalue weighted by atomic mass is 10.0. The largest absolute Gasteiger partial charge is 0.480 e. The van der Waals surface area contributed by atoms with Crippen LogP contribution in [-0.4, -0.2) is 20.2 Å². The zero-order chi connectivity index (χ0) is 18.2. The second-order valence-corrected chi connectivity index (χ2v) is 8.35. The number of aliphatic carboxylic acids is 1. The molecule has 1 N–H and O–H groups in total. The maximum absolute atomic E-state index is 14.8. The number of carbonyl (C=O) groups is 1. The summed E-state index contributed by atoms with van der Waals surface area (Å²) in [6, 6.07) is 10.2. The standard InChI is InChI=1S/C18H13FN2O2S2/c1-18(2,17(22)23)24-16-13(19)7-12-9-21-25-15(12)14(16)11-5-3-10(8-20)4-6-11/h3-7,9H,1-2H3,(H,22,23). The van der Waals surface area contributed by atoms with Crippen LogP contribution in [0, 0.1) is 17.1 Å². The van der Waals surface area contributed by atoms with Crippen molar-refractivity contribution in [3.63, 3.8) is 0 Å². The first-order valence-corrected chi connectivity index (χ1v) is 8.92. The number of fused-ring (bicyclic) bond motifs is 1. The van der Waals surface area contributed by atoms with Gasteiger partial charge in [-0.15, -0.1) is 11.8 Å². The van der Waals surface area contributed by atoms with Crippen LogP contribution in [0.1, 0.15) is 19.4 Å². The predicted molar refractivity (Wildman–Crippen MR) is 97.3 cm³/mol. The topological polar surface area (TPSA) is 74.0 Å². The number of benzene rings is 2. The van der Waals surface area contributed by atoms with Crippen LogP contribution in [0.4, 0.5) is 4.39 Å². The van der Waals surface area contributed by atoms with E-state index in [1.807, 2.05) is 0 Å². The van der Waals surface area contributed by atoms with E-state index in [1.165, 1.54) is 17.6 Å². The van der Waals surface area contributed by atoms with Gasteiger partial charge in [0.05, 0.1) is 21.2 Å². The fraction of sp³-hybridized carbons (Fsp3) is 0.167. The molecular formula is C18H13FN2O2S2. The molecule has 0 radical (unpaired) electrons. The van der Waals surface area contributed by atoms with E-state index in [0.717, 1.165) is 22.0 Å². The van der Waals surface area contributed by atoms with Gasteiger partial charge in [-0.25, -0.2) is 4.39 Å². The third kappa shape index (κ3) is 3.23. The Bertz CT molecular complexity index is 1000. The van der Waals surface area contributed by atoms with Crippen molar-refractivity contribution < 1.29 is 14.3 Å². The Morgan fingerprint density at radius 1 is 1.36 bits per heavy atom. The lowest BCUT2D eigenvalue weighted by Crippen LogP contribution is -2.27. The number of aromatic nitrogens is 1. The van der Waals surface area contributed by atoms with Gasteiger partial charge in [0.2, 0.25) is 0 Å². The van der Waals surface area contributed by atoms with Crippen molar-refractivity contribution >= 4 is 39.3 Å². The molecule has 2 aromatic carbocycles. The zero-order valence-electron chi connectivity index (χ0n) is 13.4. The van der Waals surface area contributed by atoms with Crippen molar-refractivity contribution in [1.82, 2.24) is 4.37 Å². The van der Waals surface area contributed by atoms with Crippen LogP contribution >= 0.6 is 23.3 Å². The van der Waals surface area contributed by atoms with Crippen LogP contribution in [-0.2, 0) is 4.79 Å². The van der Waals surface area contributed by atoms with Crippen molar-refractivity contribution in [2.24, 2.45) is 0 Å². The molecule has 0 saturated carbocycles. The maximum atomic E-state index is 14.8. The summed E-state index contributed by atoms with van der Waals surface area (Å²) in [6.45, 7) is 3.08. The normalized spacial score (nSPS) is 11.4. The minimum Gasteiger partial charge on any atom is -0.480 e. The molecule has 4 nitrogen and oxygen atoms in total. The summed E-state index contributed by atoms with van der Waals surface area (Å²) in [5, 5.41) is 19.0. The number of hydrogen-bond acceptors (Lipinski definition) is 5. The molecule has 25 heavy (non-hydrogen) atoms. The highest BCUT2D eigenvalue weighted by Crippen LogP contribution is 2.45. The van der Waals surface area contributed by atoms with Crippen LogP contribution in [0.15, 0.2) is 41.4 Å². The minimum absolute atomic E-state index is 0.272. The van der Waals surface area contributed by atoms with Crippen LogP contribution in [0.5, 0.6) is 0 Å². The first-order chi connectivity index (χ1) is 11.8. The van der Waals surface area contributed by atoms with E-state index in [0.29, 0.717) is 16.5 Å². The molecule has 3 rings (SSSR count). The summed E-state index contributed by atoms with van der Waals surface area (Å²) in [7, 11) is 0. The molecule has 0 bridgehead atoms. The molecule has 0 atom stereocenters. The molecule has 0 spiro atoms. The van der Waals surface area contributed by atoms with Crippen molar-refractivity contribution in [2.45, 2.75) is 23.5 Å².